The molecule has 0 bridgehead atoms. The van der Waals surface area contributed by atoms with Crippen molar-refractivity contribution in [2.75, 3.05) is 11.6 Å². The van der Waals surface area contributed by atoms with Crippen LogP contribution in [0.25, 0.3) is 0 Å². The number of rotatable bonds is 1. The zero-order valence-electron chi connectivity index (χ0n) is 9.57. The summed E-state index contributed by atoms with van der Waals surface area (Å²) in [5.41, 5.74) is 0.261. The topological polar surface area (TPSA) is 80.5 Å². The summed E-state index contributed by atoms with van der Waals surface area (Å²) in [6, 6.07) is 3.60. The fraction of sp³-hybridized carbons (Fsp3) is 0.273. The number of hydrogen-bond acceptors (Lipinski definition) is 6. The summed E-state index contributed by atoms with van der Waals surface area (Å²) >= 11 is 2.47. The van der Waals surface area contributed by atoms with Crippen LogP contribution in [-0.4, -0.2) is 38.5 Å². The van der Waals surface area contributed by atoms with Crippen molar-refractivity contribution in [3.63, 3.8) is 0 Å². The van der Waals surface area contributed by atoms with Crippen LogP contribution in [0.2, 0.25) is 0 Å². The first-order valence-electron chi connectivity index (χ1n) is 5.47. The molecule has 0 spiro atoms. The number of fused-ring (bicyclic) bond motifs is 2. The van der Waals surface area contributed by atoms with Gasteiger partial charge in [0.2, 0.25) is 5.12 Å². The van der Waals surface area contributed by atoms with Gasteiger partial charge in [-0.25, -0.2) is 0 Å². The molecular formula is C11H8N2O4S2. The van der Waals surface area contributed by atoms with Gasteiger partial charge in [0.25, 0.3) is 11.6 Å². The molecule has 1 saturated heterocycles. The van der Waals surface area contributed by atoms with Crippen LogP contribution in [0.3, 0.4) is 0 Å². The molecule has 19 heavy (non-hydrogen) atoms. The lowest BCUT2D eigenvalue weighted by Crippen LogP contribution is -2.39. The maximum absolute atomic E-state index is 12.3. The van der Waals surface area contributed by atoms with E-state index < -0.39 is 11.0 Å². The number of carbonyl (C=O) groups excluding carboxylic acids is 2. The lowest BCUT2D eigenvalue weighted by Gasteiger charge is -2.18. The lowest BCUT2D eigenvalue weighted by atomic mass is 10.1. The van der Waals surface area contributed by atoms with Crippen molar-refractivity contribution in [1.29, 1.82) is 0 Å². The molecule has 2 aliphatic heterocycles. The van der Waals surface area contributed by atoms with Gasteiger partial charge in [-0.2, -0.15) is 0 Å². The molecule has 2 heterocycles. The quantitative estimate of drug-likeness (QED) is 0.580. The smallest absolute Gasteiger partial charge is 0.270 e. The predicted molar refractivity (Wildman–Crippen MR) is 71.2 cm³/mol. The maximum atomic E-state index is 12.3. The lowest BCUT2D eigenvalue weighted by molar-refractivity contribution is -0.385. The minimum absolute atomic E-state index is 0.108. The second-order valence-electron chi connectivity index (χ2n) is 4.15. The Morgan fingerprint density at radius 2 is 2.16 bits per heavy atom. The van der Waals surface area contributed by atoms with Gasteiger partial charge >= 0.3 is 0 Å². The Morgan fingerprint density at radius 3 is 2.89 bits per heavy atom. The van der Waals surface area contributed by atoms with E-state index in [1.165, 1.54) is 23.1 Å². The average Bonchev–Trinajstić information content (AvgIpc) is 2.83. The number of hydrogen-bond donors (Lipinski definition) is 0. The van der Waals surface area contributed by atoms with E-state index in [1.54, 1.807) is 11.8 Å². The summed E-state index contributed by atoms with van der Waals surface area (Å²) in [6.45, 7) is 0. The van der Waals surface area contributed by atoms with Crippen molar-refractivity contribution >= 4 is 40.2 Å². The minimum atomic E-state index is -0.530. The Hall–Kier alpha value is -1.54. The molecule has 2 aliphatic rings. The molecule has 0 radical (unpaired) electrons. The maximum Gasteiger partial charge on any atom is 0.270 e. The van der Waals surface area contributed by atoms with Gasteiger partial charge in [-0.3, -0.25) is 19.7 Å². The summed E-state index contributed by atoms with van der Waals surface area (Å²) in [5, 5.41) is 10.6. The van der Waals surface area contributed by atoms with Gasteiger partial charge in [0.1, 0.15) is 6.04 Å². The van der Waals surface area contributed by atoms with E-state index in [4.69, 9.17) is 0 Å². The van der Waals surface area contributed by atoms with E-state index in [0.29, 0.717) is 22.1 Å². The summed E-state index contributed by atoms with van der Waals surface area (Å²) in [5.74, 6) is 0.859. The molecule has 1 aromatic rings. The summed E-state index contributed by atoms with van der Waals surface area (Å²) in [6.07, 6.45) is 0. The van der Waals surface area contributed by atoms with Crippen LogP contribution in [0.5, 0.6) is 0 Å². The summed E-state index contributed by atoms with van der Waals surface area (Å²) < 4.78 is 0. The Bertz CT molecular complexity index is 604. The van der Waals surface area contributed by atoms with Crippen LogP contribution in [0.4, 0.5) is 5.69 Å². The third-order valence-corrected chi connectivity index (χ3v) is 5.08. The second kappa shape index (κ2) is 4.53. The first kappa shape index (κ1) is 12.5. The van der Waals surface area contributed by atoms with E-state index in [0.717, 1.165) is 11.8 Å². The highest BCUT2D eigenvalue weighted by Crippen LogP contribution is 2.37. The van der Waals surface area contributed by atoms with Crippen LogP contribution in [-0.2, 0) is 4.79 Å². The van der Waals surface area contributed by atoms with Crippen LogP contribution < -0.4 is 0 Å². The van der Waals surface area contributed by atoms with Crippen molar-refractivity contribution in [2.24, 2.45) is 0 Å². The van der Waals surface area contributed by atoms with Crippen molar-refractivity contribution in [3.8, 4) is 0 Å². The molecule has 3 rings (SSSR count). The highest BCUT2D eigenvalue weighted by molar-refractivity contribution is 8.14. The van der Waals surface area contributed by atoms with Gasteiger partial charge in [-0.15, -0.1) is 11.8 Å². The van der Waals surface area contributed by atoms with Gasteiger partial charge in [0, 0.05) is 22.8 Å². The molecule has 6 nitrogen and oxygen atoms in total. The molecule has 8 heteroatoms. The van der Waals surface area contributed by atoms with E-state index in [9.17, 15) is 19.7 Å². The molecule has 1 amide bonds. The number of carbonyl (C=O) groups is 2. The Balaban J connectivity index is 2.09. The number of non-ortho nitro benzene ring substituents is 1. The summed E-state index contributed by atoms with van der Waals surface area (Å²) in [7, 11) is 0. The van der Waals surface area contributed by atoms with Gasteiger partial charge in [-0.05, 0) is 17.8 Å². The molecule has 0 N–H and O–H groups in total. The molecule has 0 aliphatic carbocycles. The third kappa shape index (κ3) is 2.00. The number of benzene rings is 1. The average molecular weight is 296 g/mol. The van der Waals surface area contributed by atoms with Gasteiger partial charge in [0.05, 0.1) is 16.4 Å². The van der Waals surface area contributed by atoms with Gasteiger partial charge < -0.3 is 4.90 Å². The van der Waals surface area contributed by atoms with E-state index >= 15 is 0 Å². The number of nitro groups is 1. The molecule has 0 aromatic heterocycles. The number of nitrogens with zero attached hydrogens (tertiary/aromatic N) is 2. The van der Waals surface area contributed by atoms with Crippen LogP contribution >= 0.6 is 23.5 Å². The zero-order chi connectivity index (χ0) is 13.6. The van der Waals surface area contributed by atoms with Gasteiger partial charge in [0.15, 0.2) is 0 Å². The first-order valence-corrected chi connectivity index (χ1v) is 7.44. The molecule has 0 unspecified atom stereocenters. The van der Waals surface area contributed by atoms with Crippen LogP contribution in [0.15, 0.2) is 23.1 Å². The minimum Gasteiger partial charge on any atom is -0.318 e. The zero-order valence-corrected chi connectivity index (χ0v) is 11.2. The van der Waals surface area contributed by atoms with E-state index in [1.807, 2.05) is 0 Å². The SMILES string of the molecule is O=C1Sc2cc([N+](=O)[O-])ccc2C(=O)N2CSC[C@H]12. The second-order valence-corrected chi connectivity index (χ2v) is 6.20. The highest BCUT2D eigenvalue weighted by atomic mass is 32.2. The fourth-order valence-electron chi connectivity index (χ4n) is 2.05. The van der Waals surface area contributed by atoms with Crippen LogP contribution in [0.1, 0.15) is 10.4 Å². The predicted octanol–water partition coefficient (Wildman–Crippen LogP) is 1.74. The molecule has 1 fully saturated rings. The largest absolute Gasteiger partial charge is 0.318 e. The molecular weight excluding hydrogens is 288 g/mol. The molecule has 0 saturated carbocycles. The van der Waals surface area contributed by atoms with Gasteiger partial charge in [-0.1, -0.05) is 0 Å². The Labute approximate surface area is 116 Å². The normalized spacial score (nSPS) is 21.9. The number of nitro benzene ring substituents is 1. The van der Waals surface area contributed by atoms with Crippen molar-refractivity contribution in [3.05, 3.63) is 33.9 Å². The highest BCUT2D eigenvalue weighted by Gasteiger charge is 2.39. The Kier molecular flexibility index (Phi) is 2.98. The van der Waals surface area contributed by atoms with Crippen molar-refractivity contribution in [2.45, 2.75) is 10.9 Å². The fourth-order valence-corrected chi connectivity index (χ4v) is 4.32. The Morgan fingerprint density at radius 1 is 1.37 bits per heavy atom. The van der Waals surface area contributed by atoms with E-state index in [-0.39, 0.29) is 16.7 Å². The monoisotopic (exact) mass is 296 g/mol. The first-order chi connectivity index (χ1) is 9.08. The summed E-state index contributed by atoms with van der Waals surface area (Å²) in [4.78, 5) is 36.5. The van der Waals surface area contributed by atoms with Crippen molar-refractivity contribution in [1.82, 2.24) is 4.90 Å². The van der Waals surface area contributed by atoms with Crippen LogP contribution in [0, 0.1) is 10.1 Å². The molecule has 1 aromatic carbocycles. The number of thioether (sulfide) groups is 2. The van der Waals surface area contributed by atoms with Crippen molar-refractivity contribution < 1.29 is 14.5 Å². The standard InChI is InChI=1S/C11H8N2O4S2/c14-10-7-2-1-6(13(16)17)3-9(7)19-11(15)8-4-18-5-12(8)10/h1-3,8H,4-5H2/t8-/m1/s1. The molecule has 1 atom stereocenters. The number of amides is 1. The molecule has 98 valence electrons. The third-order valence-electron chi connectivity index (χ3n) is 3.03. The van der Waals surface area contributed by atoms with E-state index in [2.05, 4.69) is 0 Å².